The molecule has 3 rings (SSSR count). The second-order valence-electron chi connectivity index (χ2n) is 4.52. The average molecular weight is 245 g/mol. The fourth-order valence-corrected chi connectivity index (χ4v) is 2.09. The van der Waals surface area contributed by atoms with Crippen LogP contribution in [0.1, 0.15) is 23.2 Å². The Bertz CT molecular complexity index is 512. The van der Waals surface area contributed by atoms with Gasteiger partial charge in [-0.3, -0.25) is 0 Å². The highest BCUT2D eigenvalue weighted by molar-refractivity contribution is 5.18. The van der Waals surface area contributed by atoms with E-state index < -0.39 is 0 Å². The van der Waals surface area contributed by atoms with Crippen LogP contribution in [0, 0.1) is 0 Å². The van der Waals surface area contributed by atoms with Crippen LogP contribution in [0.2, 0.25) is 0 Å². The Morgan fingerprint density at radius 3 is 2.78 bits per heavy atom. The smallest absolute Gasteiger partial charge is 0.233 e. The Morgan fingerprint density at radius 2 is 2.06 bits per heavy atom. The van der Waals surface area contributed by atoms with Crippen LogP contribution >= 0.6 is 0 Å². The summed E-state index contributed by atoms with van der Waals surface area (Å²) in [4.78, 5) is 4.40. The van der Waals surface area contributed by atoms with E-state index in [1.807, 2.05) is 30.3 Å². The summed E-state index contributed by atoms with van der Waals surface area (Å²) in [6.45, 7) is 1.12. The molecule has 2 aromatic rings. The number of rotatable bonds is 3. The van der Waals surface area contributed by atoms with Gasteiger partial charge < -0.3 is 15.0 Å². The number of hydrogen-bond donors (Lipinski definition) is 1. The lowest BCUT2D eigenvalue weighted by molar-refractivity contribution is 0.187. The number of ether oxygens (including phenoxy) is 1. The van der Waals surface area contributed by atoms with E-state index in [1.165, 1.54) is 0 Å². The largest absolute Gasteiger partial charge is 0.379 e. The number of nitrogens with two attached hydrogens (primary N) is 1. The van der Waals surface area contributed by atoms with Crippen molar-refractivity contribution in [3.05, 3.63) is 47.6 Å². The Hall–Kier alpha value is -1.72. The van der Waals surface area contributed by atoms with Crippen LogP contribution in [0.4, 0.5) is 0 Å². The molecule has 0 radical (unpaired) electrons. The molecule has 1 aromatic carbocycles. The molecule has 94 valence electrons. The van der Waals surface area contributed by atoms with E-state index >= 15 is 0 Å². The third kappa shape index (κ3) is 2.27. The summed E-state index contributed by atoms with van der Waals surface area (Å²) in [7, 11) is 0. The lowest BCUT2D eigenvalue weighted by Gasteiger charge is -2.06. The molecule has 1 aliphatic rings. The number of benzene rings is 1. The van der Waals surface area contributed by atoms with Crippen LogP contribution in [0.15, 0.2) is 34.9 Å². The zero-order chi connectivity index (χ0) is 12.4. The van der Waals surface area contributed by atoms with E-state index in [-0.39, 0.29) is 12.0 Å². The predicted octanol–water partition coefficient (Wildman–Crippen LogP) is 1.10. The van der Waals surface area contributed by atoms with Crippen molar-refractivity contribution in [2.45, 2.75) is 18.4 Å². The highest BCUT2D eigenvalue weighted by atomic mass is 16.5. The molecule has 0 bridgehead atoms. The van der Waals surface area contributed by atoms with Gasteiger partial charge in [0, 0.05) is 12.5 Å². The van der Waals surface area contributed by atoms with Gasteiger partial charge in [-0.05, 0) is 5.56 Å². The van der Waals surface area contributed by atoms with Crippen molar-refractivity contribution in [1.82, 2.24) is 10.1 Å². The molecule has 5 heteroatoms. The van der Waals surface area contributed by atoms with Gasteiger partial charge >= 0.3 is 0 Å². The minimum atomic E-state index is -0.0463. The van der Waals surface area contributed by atoms with E-state index in [1.54, 1.807) is 0 Å². The molecule has 1 aliphatic heterocycles. The van der Waals surface area contributed by atoms with Crippen molar-refractivity contribution in [3.63, 3.8) is 0 Å². The van der Waals surface area contributed by atoms with Gasteiger partial charge in [0.2, 0.25) is 5.89 Å². The fourth-order valence-electron chi connectivity index (χ4n) is 2.09. The van der Waals surface area contributed by atoms with Crippen molar-refractivity contribution in [2.75, 3.05) is 13.2 Å². The first-order valence-corrected chi connectivity index (χ1v) is 6.02. The summed E-state index contributed by atoms with van der Waals surface area (Å²) in [6, 6.07) is 10.0. The molecule has 0 amide bonds. The minimum Gasteiger partial charge on any atom is -0.379 e. The molecular weight excluding hydrogens is 230 g/mol. The third-order valence-corrected chi connectivity index (χ3v) is 3.13. The lowest BCUT2D eigenvalue weighted by atomic mass is 10.1. The molecular formula is C13H15N3O2. The summed E-state index contributed by atoms with van der Waals surface area (Å²) in [5.74, 6) is 1.31. The molecule has 2 heterocycles. The molecule has 18 heavy (non-hydrogen) atoms. The normalized spacial score (nSPS) is 23.4. The van der Waals surface area contributed by atoms with Crippen LogP contribution in [0.25, 0.3) is 0 Å². The maximum Gasteiger partial charge on any atom is 0.233 e. The molecule has 2 N–H and O–H groups in total. The fraction of sp³-hybridized carbons (Fsp3) is 0.385. The van der Waals surface area contributed by atoms with Crippen LogP contribution < -0.4 is 5.73 Å². The van der Waals surface area contributed by atoms with Crippen LogP contribution in [0.3, 0.4) is 0 Å². The monoisotopic (exact) mass is 245 g/mol. The van der Waals surface area contributed by atoms with Crippen molar-refractivity contribution in [2.24, 2.45) is 5.73 Å². The first kappa shape index (κ1) is 11.4. The standard InChI is InChI=1S/C13H15N3O2/c14-11-8-17-7-10(11)13-15-12(16-18-13)6-9-4-2-1-3-5-9/h1-5,10-11H,6-8,14H2. The zero-order valence-corrected chi connectivity index (χ0v) is 9.95. The van der Waals surface area contributed by atoms with E-state index in [4.69, 9.17) is 15.0 Å². The SMILES string of the molecule is NC1COCC1c1nc(Cc2ccccc2)no1. The van der Waals surface area contributed by atoms with Gasteiger partial charge in [0.15, 0.2) is 5.82 Å². The van der Waals surface area contributed by atoms with Gasteiger partial charge in [-0.1, -0.05) is 35.5 Å². The average Bonchev–Trinajstić information content (AvgIpc) is 2.99. The van der Waals surface area contributed by atoms with Gasteiger partial charge in [-0.2, -0.15) is 4.98 Å². The van der Waals surface area contributed by atoms with Crippen molar-refractivity contribution >= 4 is 0 Å². The van der Waals surface area contributed by atoms with Gasteiger partial charge in [0.1, 0.15) is 0 Å². The van der Waals surface area contributed by atoms with Crippen LogP contribution in [-0.2, 0) is 11.2 Å². The van der Waals surface area contributed by atoms with Gasteiger partial charge in [-0.25, -0.2) is 0 Å². The second kappa shape index (κ2) is 4.88. The molecule has 1 aromatic heterocycles. The van der Waals surface area contributed by atoms with Crippen molar-refractivity contribution < 1.29 is 9.26 Å². The zero-order valence-electron chi connectivity index (χ0n) is 9.95. The maximum atomic E-state index is 5.92. The van der Waals surface area contributed by atoms with Gasteiger partial charge in [0.25, 0.3) is 0 Å². The van der Waals surface area contributed by atoms with E-state index in [2.05, 4.69) is 10.1 Å². The van der Waals surface area contributed by atoms with E-state index in [0.29, 0.717) is 31.3 Å². The highest BCUT2D eigenvalue weighted by Crippen LogP contribution is 2.23. The molecule has 2 atom stereocenters. The molecule has 0 spiro atoms. The maximum absolute atomic E-state index is 5.92. The third-order valence-electron chi connectivity index (χ3n) is 3.13. The van der Waals surface area contributed by atoms with Crippen molar-refractivity contribution in [3.8, 4) is 0 Å². The molecule has 1 fully saturated rings. The number of hydrogen-bond acceptors (Lipinski definition) is 5. The second-order valence-corrected chi connectivity index (χ2v) is 4.52. The van der Waals surface area contributed by atoms with Crippen molar-refractivity contribution in [1.29, 1.82) is 0 Å². The first-order valence-electron chi connectivity index (χ1n) is 6.02. The molecule has 2 unspecified atom stereocenters. The van der Waals surface area contributed by atoms with Gasteiger partial charge in [0.05, 0.1) is 19.1 Å². The van der Waals surface area contributed by atoms with Gasteiger partial charge in [-0.15, -0.1) is 0 Å². The molecule has 1 saturated heterocycles. The molecule has 0 aliphatic carbocycles. The number of nitrogens with zero attached hydrogens (tertiary/aromatic N) is 2. The summed E-state index contributed by atoms with van der Waals surface area (Å²) in [6.07, 6.45) is 0.674. The Balaban J connectivity index is 1.74. The topological polar surface area (TPSA) is 74.2 Å². The predicted molar refractivity (Wildman–Crippen MR) is 65.1 cm³/mol. The molecule has 5 nitrogen and oxygen atoms in total. The summed E-state index contributed by atoms with van der Waals surface area (Å²) in [5.41, 5.74) is 7.08. The quantitative estimate of drug-likeness (QED) is 0.876. The highest BCUT2D eigenvalue weighted by Gasteiger charge is 2.31. The lowest BCUT2D eigenvalue weighted by Crippen LogP contribution is -2.27. The number of aromatic nitrogens is 2. The Kier molecular flexibility index (Phi) is 3.08. The Labute approximate surface area is 105 Å². The van der Waals surface area contributed by atoms with E-state index in [0.717, 1.165) is 5.56 Å². The van der Waals surface area contributed by atoms with Crippen LogP contribution in [0.5, 0.6) is 0 Å². The first-order chi connectivity index (χ1) is 8.83. The summed E-state index contributed by atoms with van der Waals surface area (Å²) in [5, 5.41) is 3.99. The van der Waals surface area contributed by atoms with Crippen LogP contribution in [-0.4, -0.2) is 29.4 Å². The summed E-state index contributed by atoms with van der Waals surface area (Å²) < 4.78 is 10.6. The summed E-state index contributed by atoms with van der Waals surface area (Å²) >= 11 is 0. The Morgan fingerprint density at radius 1 is 1.22 bits per heavy atom. The molecule has 0 saturated carbocycles. The minimum absolute atomic E-state index is 0.0297. The van der Waals surface area contributed by atoms with E-state index in [9.17, 15) is 0 Å².